The van der Waals surface area contributed by atoms with Gasteiger partial charge in [-0.25, -0.2) is 4.79 Å². The maximum absolute atomic E-state index is 12.0. The van der Waals surface area contributed by atoms with Gasteiger partial charge in [0.05, 0.1) is 0 Å². The van der Waals surface area contributed by atoms with Crippen molar-refractivity contribution in [3.05, 3.63) is 34.3 Å². The van der Waals surface area contributed by atoms with Crippen LogP contribution in [0.5, 0.6) is 0 Å². The summed E-state index contributed by atoms with van der Waals surface area (Å²) in [6.45, 7) is 1.92. The van der Waals surface area contributed by atoms with Crippen molar-refractivity contribution in [1.29, 1.82) is 0 Å². The fraction of sp³-hybridized carbons (Fsp3) is 0.467. The molecule has 0 aliphatic carbocycles. The third-order valence-corrected chi connectivity index (χ3v) is 3.96. The number of aliphatic carboxylic acids is 1. The van der Waals surface area contributed by atoms with Crippen molar-refractivity contribution in [3.8, 4) is 0 Å². The van der Waals surface area contributed by atoms with Crippen LogP contribution < -0.4 is 5.32 Å². The number of hydrogen-bond acceptors (Lipinski definition) is 3. The molecule has 114 valence electrons. The van der Waals surface area contributed by atoms with E-state index in [4.69, 9.17) is 9.84 Å². The van der Waals surface area contributed by atoms with Crippen molar-refractivity contribution in [3.63, 3.8) is 0 Å². The molecule has 0 bridgehead atoms. The second-order valence-corrected chi connectivity index (χ2v) is 6.18. The Hall–Kier alpha value is -1.40. The number of halogens is 1. The van der Waals surface area contributed by atoms with Crippen LogP contribution in [0, 0.1) is 0 Å². The van der Waals surface area contributed by atoms with Crippen molar-refractivity contribution < 1.29 is 19.4 Å². The quantitative estimate of drug-likeness (QED) is 0.848. The molecule has 1 aliphatic rings. The standard InChI is InChI=1S/C15H18BrNO4/c1-9(8-10-2-4-11(16)5-3-10)17-14(18)12-6-7-13(21-12)15(19)20/h2-5,9,12-13H,6-8H2,1H3,(H,17,18)(H,19,20)/t9?,12-,13+/m0/s1. The minimum absolute atomic E-state index is 0.0360. The van der Waals surface area contributed by atoms with Gasteiger partial charge in [0, 0.05) is 10.5 Å². The molecule has 21 heavy (non-hydrogen) atoms. The number of ether oxygens (including phenoxy) is 1. The van der Waals surface area contributed by atoms with Crippen molar-refractivity contribution >= 4 is 27.8 Å². The van der Waals surface area contributed by atoms with Gasteiger partial charge in [-0.2, -0.15) is 0 Å². The summed E-state index contributed by atoms with van der Waals surface area (Å²) in [5.41, 5.74) is 1.13. The van der Waals surface area contributed by atoms with E-state index in [1.165, 1.54) is 0 Å². The predicted octanol–water partition coefficient (Wildman–Crippen LogP) is 2.13. The van der Waals surface area contributed by atoms with Gasteiger partial charge in [0.1, 0.15) is 6.10 Å². The molecule has 0 saturated carbocycles. The molecule has 3 atom stereocenters. The highest BCUT2D eigenvalue weighted by Gasteiger charge is 2.34. The van der Waals surface area contributed by atoms with E-state index in [9.17, 15) is 9.59 Å². The van der Waals surface area contributed by atoms with Gasteiger partial charge in [0.25, 0.3) is 0 Å². The molecule has 2 rings (SSSR count). The first kappa shape index (κ1) is 16.0. The molecule has 5 nitrogen and oxygen atoms in total. The smallest absolute Gasteiger partial charge is 0.332 e. The zero-order chi connectivity index (χ0) is 15.4. The van der Waals surface area contributed by atoms with E-state index in [1.54, 1.807) is 0 Å². The van der Waals surface area contributed by atoms with E-state index < -0.39 is 18.2 Å². The van der Waals surface area contributed by atoms with E-state index in [-0.39, 0.29) is 11.9 Å². The summed E-state index contributed by atoms with van der Waals surface area (Å²) >= 11 is 3.38. The highest BCUT2D eigenvalue weighted by Crippen LogP contribution is 2.20. The molecule has 1 aromatic carbocycles. The Morgan fingerprint density at radius 1 is 1.33 bits per heavy atom. The van der Waals surface area contributed by atoms with Crippen LogP contribution in [0.3, 0.4) is 0 Å². The van der Waals surface area contributed by atoms with Crippen molar-refractivity contribution in [1.82, 2.24) is 5.32 Å². The summed E-state index contributed by atoms with van der Waals surface area (Å²) < 4.78 is 6.25. The third-order valence-electron chi connectivity index (χ3n) is 3.43. The molecule has 0 aromatic heterocycles. The van der Waals surface area contributed by atoms with Crippen LogP contribution in [0.4, 0.5) is 0 Å². The lowest BCUT2D eigenvalue weighted by Gasteiger charge is -2.17. The summed E-state index contributed by atoms with van der Waals surface area (Å²) in [5, 5.41) is 11.7. The Kier molecular flexibility index (Phi) is 5.36. The average molecular weight is 356 g/mol. The Labute approximate surface area is 131 Å². The van der Waals surface area contributed by atoms with Crippen LogP contribution in [0.25, 0.3) is 0 Å². The van der Waals surface area contributed by atoms with E-state index in [2.05, 4.69) is 21.2 Å². The highest BCUT2D eigenvalue weighted by atomic mass is 79.9. The van der Waals surface area contributed by atoms with Crippen molar-refractivity contribution in [2.45, 2.75) is 44.4 Å². The predicted molar refractivity (Wildman–Crippen MR) is 81.0 cm³/mol. The fourth-order valence-electron chi connectivity index (χ4n) is 2.37. The number of carboxylic acid groups (broad SMARTS) is 1. The number of amides is 1. The van der Waals surface area contributed by atoms with Crippen molar-refractivity contribution in [2.75, 3.05) is 0 Å². The molecular formula is C15H18BrNO4. The van der Waals surface area contributed by atoms with Crippen LogP contribution in [0.2, 0.25) is 0 Å². The Balaban J connectivity index is 1.82. The van der Waals surface area contributed by atoms with Gasteiger partial charge in [0.2, 0.25) is 5.91 Å². The lowest BCUT2D eigenvalue weighted by molar-refractivity contribution is -0.151. The average Bonchev–Trinajstić information content (AvgIpc) is 2.91. The van der Waals surface area contributed by atoms with Crippen LogP contribution >= 0.6 is 15.9 Å². The summed E-state index contributed by atoms with van der Waals surface area (Å²) in [5.74, 6) is -1.24. The van der Waals surface area contributed by atoms with Gasteiger partial charge < -0.3 is 15.2 Å². The van der Waals surface area contributed by atoms with Crippen LogP contribution in [0.15, 0.2) is 28.7 Å². The lowest BCUT2D eigenvalue weighted by atomic mass is 10.1. The minimum atomic E-state index is -1.01. The Morgan fingerprint density at radius 3 is 2.52 bits per heavy atom. The van der Waals surface area contributed by atoms with E-state index in [1.807, 2.05) is 31.2 Å². The van der Waals surface area contributed by atoms with Gasteiger partial charge in [-0.15, -0.1) is 0 Å². The minimum Gasteiger partial charge on any atom is -0.479 e. The zero-order valence-electron chi connectivity index (χ0n) is 11.7. The van der Waals surface area contributed by atoms with Crippen LogP contribution in [-0.4, -0.2) is 35.2 Å². The first-order chi connectivity index (χ1) is 9.95. The second kappa shape index (κ2) is 7.04. The summed E-state index contributed by atoms with van der Waals surface area (Å²) in [6.07, 6.45) is 0.0390. The van der Waals surface area contributed by atoms with Gasteiger partial charge >= 0.3 is 5.97 Å². The Morgan fingerprint density at radius 2 is 1.95 bits per heavy atom. The van der Waals surface area contributed by atoms with Gasteiger partial charge in [-0.05, 0) is 43.9 Å². The first-order valence-electron chi connectivity index (χ1n) is 6.89. The number of nitrogens with one attached hydrogen (secondary N) is 1. The normalized spacial score (nSPS) is 22.8. The molecule has 1 heterocycles. The number of hydrogen-bond donors (Lipinski definition) is 2. The summed E-state index contributed by atoms with van der Waals surface area (Å²) in [6, 6.07) is 7.88. The SMILES string of the molecule is CC(Cc1ccc(Br)cc1)NC(=O)[C@@H]1CC[C@H](C(=O)O)O1. The van der Waals surface area contributed by atoms with E-state index >= 15 is 0 Å². The Bertz CT molecular complexity index is 517. The van der Waals surface area contributed by atoms with Gasteiger partial charge in [0.15, 0.2) is 6.10 Å². The maximum Gasteiger partial charge on any atom is 0.332 e. The topological polar surface area (TPSA) is 75.6 Å². The number of rotatable bonds is 5. The van der Waals surface area contributed by atoms with Crippen LogP contribution in [-0.2, 0) is 20.7 Å². The molecule has 1 aliphatic heterocycles. The van der Waals surface area contributed by atoms with E-state index in [0.717, 1.165) is 10.0 Å². The molecule has 1 amide bonds. The highest BCUT2D eigenvalue weighted by molar-refractivity contribution is 9.10. The molecule has 1 saturated heterocycles. The van der Waals surface area contributed by atoms with Crippen LogP contribution in [0.1, 0.15) is 25.3 Å². The molecular weight excluding hydrogens is 338 g/mol. The maximum atomic E-state index is 12.0. The molecule has 2 N–H and O–H groups in total. The largest absolute Gasteiger partial charge is 0.479 e. The second-order valence-electron chi connectivity index (χ2n) is 5.27. The lowest BCUT2D eigenvalue weighted by Crippen LogP contribution is -2.41. The van der Waals surface area contributed by atoms with Crippen molar-refractivity contribution in [2.24, 2.45) is 0 Å². The molecule has 1 unspecified atom stereocenters. The molecule has 0 spiro atoms. The first-order valence-corrected chi connectivity index (χ1v) is 7.68. The monoisotopic (exact) mass is 355 g/mol. The number of carbonyl (C=O) groups is 2. The van der Waals surface area contributed by atoms with Gasteiger partial charge in [-0.3, -0.25) is 4.79 Å². The molecule has 1 aromatic rings. The summed E-state index contributed by atoms with van der Waals surface area (Å²) in [7, 11) is 0. The molecule has 6 heteroatoms. The van der Waals surface area contributed by atoms with E-state index in [0.29, 0.717) is 19.3 Å². The fourth-order valence-corrected chi connectivity index (χ4v) is 2.64. The van der Waals surface area contributed by atoms with Gasteiger partial charge in [-0.1, -0.05) is 28.1 Å². The summed E-state index contributed by atoms with van der Waals surface area (Å²) in [4.78, 5) is 22.8. The number of benzene rings is 1. The zero-order valence-corrected chi connectivity index (χ0v) is 13.3. The number of carboxylic acids is 1. The molecule has 0 radical (unpaired) electrons. The number of carbonyl (C=O) groups excluding carboxylic acids is 1. The molecule has 1 fully saturated rings. The third kappa shape index (κ3) is 4.54.